The molecule has 0 aliphatic carbocycles. The number of benzene rings is 1. The van der Waals surface area contributed by atoms with Gasteiger partial charge in [0.2, 0.25) is 11.8 Å². The highest BCUT2D eigenvalue weighted by Gasteiger charge is 2.31. The number of ether oxygens (including phenoxy) is 2. The average Bonchev–Trinajstić information content (AvgIpc) is 3.25. The third-order valence-corrected chi connectivity index (χ3v) is 5.64. The van der Waals surface area contributed by atoms with Crippen LogP contribution in [0.25, 0.3) is 0 Å². The standard InChI is InChI=1S/C23H31FN4O4/c1-17(29)26-21(15-19-5-3-4-6-20(19)24)23(30)27-10-7-18(8-11-27)22-25-9-12-28(22)16-32-14-13-31-2/h3-6,9,12,18,21H,7-8,10-11,13-16H2,1-2H3,(H,26,29). The van der Waals surface area contributed by atoms with E-state index in [0.29, 0.717) is 38.6 Å². The molecule has 1 aliphatic heterocycles. The van der Waals surface area contributed by atoms with Crippen LogP contribution in [-0.4, -0.2) is 65.7 Å². The first-order valence-corrected chi connectivity index (χ1v) is 10.9. The molecule has 0 saturated carbocycles. The molecule has 174 valence electrons. The molecular formula is C23H31FN4O4. The third-order valence-electron chi connectivity index (χ3n) is 5.64. The Morgan fingerprint density at radius 3 is 2.69 bits per heavy atom. The van der Waals surface area contributed by atoms with E-state index in [0.717, 1.165) is 18.7 Å². The maximum Gasteiger partial charge on any atom is 0.245 e. The van der Waals surface area contributed by atoms with Gasteiger partial charge >= 0.3 is 0 Å². The second kappa shape index (κ2) is 11.7. The fourth-order valence-corrected chi connectivity index (χ4v) is 4.00. The highest BCUT2D eigenvalue weighted by atomic mass is 19.1. The Morgan fingerprint density at radius 1 is 1.25 bits per heavy atom. The van der Waals surface area contributed by atoms with E-state index >= 15 is 0 Å². The van der Waals surface area contributed by atoms with Crippen LogP contribution in [0.1, 0.15) is 37.1 Å². The van der Waals surface area contributed by atoms with Crippen molar-refractivity contribution in [3.05, 3.63) is 53.9 Å². The molecule has 9 heteroatoms. The number of nitrogens with one attached hydrogen (secondary N) is 1. The molecule has 1 aromatic carbocycles. The van der Waals surface area contributed by atoms with Crippen LogP contribution in [0, 0.1) is 5.82 Å². The number of carbonyl (C=O) groups excluding carboxylic acids is 2. The van der Waals surface area contributed by atoms with Crippen molar-refractivity contribution in [2.45, 2.75) is 44.9 Å². The van der Waals surface area contributed by atoms with Gasteiger partial charge in [0.15, 0.2) is 0 Å². The SMILES string of the molecule is COCCOCn1ccnc1C1CCN(C(=O)C(Cc2ccccc2F)NC(C)=O)CC1. The molecule has 2 aromatic rings. The molecule has 3 rings (SSSR count). The molecular weight excluding hydrogens is 415 g/mol. The number of imidazole rings is 1. The van der Waals surface area contributed by atoms with Crippen LogP contribution in [0.15, 0.2) is 36.7 Å². The van der Waals surface area contributed by atoms with Gasteiger partial charge in [-0.1, -0.05) is 18.2 Å². The Labute approximate surface area is 187 Å². The summed E-state index contributed by atoms with van der Waals surface area (Å²) in [6, 6.07) is 5.53. The van der Waals surface area contributed by atoms with Gasteiger partial charge in [-0.3, -0.25) is 9.59 Å². The number of methoxy groups -OCH3 is 1. The van der Waals surface area contributed by atoms with Gasteiger partial charge in [0.25, 0.3) is 0 Å². The predicted octanol–water partition coefficient (Wildman–Crippen LogP) is 2.10. The molecule has 1 saturated heterocycles. The van der Waals surface area contributed by atoms with Gasteiger partial charge in [-0.15, -0.1) is 0 Å². The fraction of sp³-hybridized carbons (Fsp3) is 0.522. The Kier molecular flexibility index (Phi) is 8.75. The van der Waals surface area contributed by atoms with Crippen molar-refractivity contribution >= 4 is 11.8 Å². The minimum atomic E-state index is -0.794. The summed E-state index contributed by atoms with van der Waals surface area (Å²) in [5, 5.41) is 2.69. The largest absolute Gasteiger partial charge is 0.382 e. The second-order valence-electron chi connectivity index (χ2n) is 7.93. The number of aromatic nitrogens is 2. The first-order chi connectivity index (χ1) is 15.5. The Morgan fingerprint density at radius 2 is 2.00 bits per heavy atom. The van der Waals surface area contributed by atoms with Gasteiger partial charge in [-0.2, -0.15) is 0 Å². The van der Waals surface area contributed by atoms with E-state index in [-0.39, 0.29) is 30.0 Å². The molecule has 1 N–H and O–H groups in total. The number of carbonyl (C=O) groups is 2. The normalized spacial score (nSPS) is 15.5. The summed E-state index contributed by atoms with van der Waals surface area (Å²) in [4.78, 5) is 31.1. The van der Waals surface area contributed by atoms with Crippen LogP contribution in [0.2, 0.25) is 0 Å². The maximum absolute atomic E-state index is 14.1. The van der Waals surface area contributed by atoms with Gasteiger partial charge in [-0.05, 0) is 24.5 Å². The van der Waals surface area contributed by atoms with Crippen LogP contribution in [0.3, 0.4) is 0 Å². The number of hydrogen-bond donors (Lipinski definition) is 1. The van der Waals surface area contributed by atoms with Crippen molar-refractivity contribution in [2.75, 3.05) is 33.4 Å². The fourth-order valence-electron chi connectivity index (χ4n) is 4.00. The predicted molar refractivity (Wildman–Crippen MR) is 116 cm³/mol. The lowest BCUT2D eigenvalue weighted by molar-refractivity contribution is -0.137. The maximum atomic E-state index is 14.1. The van der Waals surface area contributed by atoms with Gasteiger partial charge in [0.1, 0.15) is 24.4 Å². The molecule has 2 amide bonds. The van der Waals surface area contributed by atoms with Crippen LogP contribution in [0.4, 0.5) is 4.39 Å². The number of hydrogen-bond acceptors (Lipinski definition) is 5. The van der Waals surface area contributed by atoms with E-state index in [2.05, 4.69) is 10.3 Å². The Hall–Kier alpha value is -2.78. The molecule has 1 aromatic heterocycles. The summed E-state index contributed by atoms with van der Waals surface area (Å²) < 4.78 is 26.7. The zero-order chi connectivity index (χ0) is 22.9. The highest BCUT2D eigenvalue weighted by Crippen LogP contribution is 2.27. The number of amides is 2. The number of halogens is 1. The van der Waals surface area contributed by atoms with Gasteiger partial charge < -0.3 is 24.3 Å². The van der Waals surface area contributed by atoms with Crippen molar-refractivity contribution in [2.24, 2.45) is 0 Å². The van der Waals surface area contributed by atoms with Gasteiger partial charge in [0, 0.05) is 51.9 Å². The van der Waals surface area contributed by atoms with Gasteiger partial charge in [-0.25, -0.2) is 9.37 Å². The molecule has 0 spiro atoms. The minimum Gasteiger partial charge on any atom is -0.382 e. The highest BCUT2D eigenvalue weighted by molar-refractivity contribution is 5.87. The molecule has 1 atom stereocenters. The molecule has 1 aliphatic rings. The Bertz CT molecular complexity index is 896. The number of rotatable bonds is 10. The molecule has 1 unspecified atom stereocenters. The van der Waals surface area contributed by atoms with Crippen molar-refractivity contribution < 1.29 is 23.5 Å². The smallest absolute Gasteiger partial charge is 0.245 e. The van der Waals surface area contributed by atoms with E-state index in [4.69, 9.17) is 9.47 Å². The zero-order valence-electron chi connectivity index (χ0n) is 18.6. The van der Waals surface area contributed by atoms with Crippen LogP contribution in [-0.2, 0) is 32.2 Å². The van der Waals surface area contributed by atoms with Crippen LogP contribution >= 0.6 is 0 Å². The zero-order valence-corrected chi connectivity index (χ0v) is 18.6. The molecule has 8 nitrogen and oxygen atoms in total. The first-order valence-electron chi connectivity index (χ1n) is 10.9. The van der Waals surface area contributed by atoms with E-state index in [1.807, 2.05) is 10.8 Å². The number of piperidine rings is 1. The Balaban J connectivity index is 1.59. The lowest BCUT2D eigenvalue weighted by Crippen LogP contribution is -2.51. The van der Waals surface area contributed by atoms with E-state index in [1.54, 1.807) is 36.4 Å². The second-order valence-corrected chi connectivity index (χ2v) is 7.93. The lowest BCUT2D eigenvalue weighted by Gasteiger charge is -2.34. The monoisotopic (exact) mass is 446 g/mol. The topological polar surface area (TPSA) is 85.7 Å². The van der Waals surface area contributed by atoms with Crippen molar-refractivity contribution in [3.8, 4) is 0 Å². The lowest BCUT2D eigenvalue weighted by atomic mass is 9.94. The summed E-state index contributed by atoms with van der Waals surface area (Å²) in [5.41, 5.74) is 0.407. The summed E-state index contributed by atoms with van der Waals surface area (Å²) in [7, 11) is 1.63. The summed E-state index contributed by atoms with van der Waals surface area (Å²) in [6.07, 6.45) is 5.28. The van der Waals surface area contributed by atoms with E-state index in [1.165, 1.54) is 13.0 Å². The van der Waals surface area contributed by atoms with Crippen LogP contribution < -0.4 is 5.32 Å². The third kappa shape index (κ3) is 6.37. The van der Waals surface area contributed by atoms with Gasteiger partial charge in [0.05, 0.1) is 13.2 Å². The molecule has 1 fully saturated rings. The number of nitrogens with zero attached hydrogens (tertiary/aromatic N) is 3. The summed E-state index contributed by atoms with van der Waals surface area (Å²) in [6.45, 7) is 3.91. The first kappa shape index (κ1) is 23.9. The molecule has 2 heterocycles. The average molecular weight is 447 g/mol. The summed E-state index contributed by atoms with van der Waals surface area (Å²) in [5.74, 6) is 0.275. The van der Waals surface area contributed by atoms with Crippen molar-refractivity contribution in [3.63, 3.8) is 0 Å². The molecule has 32 heavy (non-hydrogen) atoms. The number of likely N-dealkylation sites (tertiary alicyclic amines) is 1. The van der Waals surface area contributed by atoms with E-state index in [9.17, 15) is 14.0 Å². The van der Waals surface area contributed by atoms with Crippen molar-refractivity contribution in [1.82, 2.24) is 19.8 Å². The molecule has 0 bridgehead atoms. The quantitative estimate of drug-likeness (QED) is 0.565. The molecule has 0 radical (unpaired) electrons. The van der Waals surface area contributed by atoms with Crippen molar-refractivity contribution in [1.29, 1.82) is 0 Å². The summed E-state index contributed by atoms with van der Waals surface area (Å²) >= 11 is 0. The van der Waals surface area contributed by atoms with E-state index < -0.39 is 6.04 Å². The van der Waals surface area contributed by atoms with Crippen LogP contribution in [0.5, 0.6) is 0 Å². The minimum absolute atomic E-state index is 0.119.